The minimum atomic E-state index is -2.94. The van der Waals surface area contributed by atoms with Crippen molar-refractivity contribution >= 4 is 6.09 Å². The second-order valence-electron chi connectivity index (χ2n) is 5.50. The van der Waals surface area contributed by atoms with Gasteiger partial charge in [0, 0.05) is 11.1 Å². The molecule has 0 spiro atoms. The van der Waals surface area contributed by atoms with Crippen molar-refractivity contribution in [2.75, 3.05) is 6.61 Å². The number of carbonyl (C=O) groups excluding carboxylic acids is 1. The first-order valence-electron chi connectivity index (χ1n) is 6.43. The van der Waals surface area contributed by atoms with Gasteiger partial charge in [-0.2, -0.15) is 8.78 Å². The number of alkyl halides is 2. The summed E-state index contributed by atoms with van der Waals surface area (Å²) in [4.78, 5) is 11.5. The molecule has 3 N–H and O–H groups in total. The van der Waals surface area contributed by atoms with E-state index in [9.17, 15) is 13.6 Å². The molecular weight excluding hydrogens is 282 g/mol. The highest BCUT2D eigenvalue weighted by molar-refractivity contribution is 5.68. The molecule has 0 saturated heterocycles. The Balaban J connectivity index is 2.63. The van der Waals surface area contributed by atoms with Gasteiger partial charge in [-0.1, -0.05) is 18.2 Å². The Morgan fingerprint density at radius 3 is 2.52 bits per heavy atom. The van der Waals surface area contributed by atoms with Gasteiger partial charge in [0.05, 0.1) is 6.04 Å². The van der Waals surface area contributed by atoms with Gasteiger partial charge in [0.1, 0.15) is 12.4 Å². The molecule has 1 rings (SSSR count). The largest absolute Gasteiger partial charge is 0.448 e. The van der Waals surface area contributed by atoms with Crippen molar-refractivity contribution in [3.63, 3.8) is 0 Å². The van der Waals surface area contributed by atoms with E-state index in [1.807, 2.05) is 0 Å². The van der Waals surface area contributed by atoms with Crippen LogP contribution in [0.25, 0.3) is 0 Å². The van der Waals surface area contributed by atoms with E-state index in [2.05, 4.69) is 10.1 Å². The molecule has 0 aliphatic carbocycles. The maximum Gasteiger partial charge on any atom is 0.407 e. The zero-order valence-electron chi connectivity index (χ0n) is 12.2. The van der Waals surface area contributed by atoms with Crippen LogP contribution >= 0.6 is 0 Å². The molecule has 1 aromatic rings. The predicted octanol–water partition coefficient (Wildman–Crippen LogP) is 2.81. The van der Waals surface area contributed by atoms with E-state index in [4.69, 9.17) is 10.5 Å². The van der Waals surface area contributed by atoms with Crippen LogP contribution in [0.3, 0.4) is 0 Å². The molecular formula is C14H20F2N2O3. The Bertz CT molecular complexity index is 476. The number of carbonyl (C=O) groups is 1. The van der Waals surface area contributed by atoms with E-state index in [-0.39, 0.29) is 12.4 Å². The molecule has 0 saturated carbocycles. The number of ether oxygens (including phenoxy) is 2. The van der Waals surface area contributed by atoms with Gasteiger partial charge in [-0.05, 0) is 26.8 Å². The van der Waals surface area contributed by atoms with Gasteiger partial charge in [-0.25, -0.2) is 4.79 Å². The molecule has 0 fully saturated rings. The molecule has 1 unspecified atom stereocenters. The summed E-state index contributed by atoms with van der Waals surface area (Å²) >= 11 is 0. The van der Waals surface area contributed by atoms with Crippen molar-refractivity contribution in [1.29, 1.82) is 0 Å². The first-order valence-corrected chi connectivity index (χ1v) is 6.43. The maximum absolute atomic E-state index is 12.3. The quantitative estimate of drug-likeness (QED) is 0.877. The molecule has 1 amide bonds. The number of amides is 1. The van der Waals surface area contributed by atoms with E-state index < -0.39 is 24.3 Å². The molecule has 0 radical (unpaired) electrons. The summed E-state index contributed by atoms with van der Waals surface area (Å²) in [6.07, 6.45) is -0.620. The maximum atomic E-state index is 12.3. The lowest BCUT2D eigenvalue weighted by Gasteiger charge is -2.21. The molecule has 0 heterocycles. The van der Waals surface area contributed by atoms with Crippen LogP contribution < -0.4 is 15.8 Å². The lowest BCUT2D eigenvalue weighted by atomic mass is 10.1. The van der Waals surface area contributed by atoms with Crippen LogP contribution in [0.4, 0.5) is 13.6 Å². The summed E-state index contributed by atoms with van der Waals surface area (Å²) in [5, 5.41) is 2.60. The van der Waals surface area contributed by atoms with Crippen molar-refractivity contribution in [3.8, 4) is 5.75 Å². The van der Waals surface area contributed by atoms with Crippen molar-refractivity contribution < 1.29 is 23.0 Å². The van der Waals surface area contributed by atoms with E-state index in [1.165, 1.54) is 6.07 Å². The van der Waals surface area contributed by atoms with Gasteiger partial charge in [0.2, 0.25) is 0 Å². The van der Waals surface area contributed by atoms with Crippen molar-refractivity contribution in [2.45, 2.75) is 39.0 Å². The summed E-state index contributed by atoms with van der Waals surface area (Å²) in [7, 11) is 0. The standard InChI is InChI=1S/C14H20F2N2O3/c1-14(2,3)18-13(19)20-8-10(17)9-6-4-5-7-11(9)21-12(15)16/h4-7,10,12H,8,17H2,1-3H3,(H,18,19). The number of hydrogen-bond acceptors (Lipinski definition) is 4. The molecule has 0 aliphatic heterocycles. The van der Waals surface area contributed by atoms with Gasteiger partial charge in [-0.3, -0.25) is 0 Å². The normalized spacial score (nSPS) is 12.9. The summed E-state index contributed by atoms with van der Waals surface area (Å²) < 4.78 is 34.0. The van der Waals surface area contributed by atoms with Crippen LogP contribution in [0.2, 0.25) is 0 Å². The summed E-state index contributed by atoms with van der Waals surface area (Å²) in [6, 6.07) is 5.37. The molecule has 0 bridgehead atoms. The number of nitrogens with one attached hydrogen (secondary N) is 1. The fraction of sp³-hybridized carbons (Fsp3) is 0.500. The third-order valence-electron chi connectivity index (χ3n) is 2.41. The summed E-state index contributed by atoms with van der Waals surface area (Å²) in [6.45, 7) is 2.33. The SMILES string of the molecule is CC(C)(C)NC(=O)OCC(N)c1ccccc1OC(F)F. The Hall–Kier alpha value is -1.89. The lowest BCUT2D eigenvalue weighted by Crippen LogP contribution is -2.41. The second-order valence-corrected chi connectivity index (χ2v) is 5.50. The zero-order valence-corrected chi connectivity index (χ0v) is 12.2. The minimum absolute atomic E-state index is 0.0279. The second kappa shape index (κ2) is 7.21. The number of alkyl carbamates (subject to hydrolysis) is 1. The highest BCUT2D eigenvalue weighted by atomic mass is 19.3. The Morgan fingerprint density at radius 2 is 1.95 bits per heavy atom. The van der Waals surface area contributed by atoms with Gasteiger partial charge in [-0.15, -0.1) is 0 Å². The molecule has 7 heteroatoms. The first kappa shape index (κ1) is 17.2. The number of hydrogen-bond donors (Lipinski definition) is 2. The predicted molar refractivity (Wildman–Crippen MR) is 74.2 cm³/mol. The molecule has 1 atom stereocenters. The smallest absolute Gasteiger partial charge is 0.407 e. The fourth-order valence-electron chi connectivity index (χ4n) is 1.59. The van der Waals surface area contributed by atoms with Crippen LogP contribution in [0.1, 0.15) is 32.4 Å². The fourth-order valence-corrected chi connectivity index (χ4v) is 1.59. The van der Waals surface area contributed by atoms with Gasteiger partial charge in [0.15, 0.2) is 0 Å². The summed E-state index contributed by atoms with van der Waals surface area (Å²) in [5.74, 6) is -0.0279. The van der Waals surface area contributed by atoms with E-state index in [0.717, 1.165) is 0 Å². The third kappa shape index (κ3) is 6.40. The highest BCUT2D eigenvalue weighted by Gasteiger charge is 2.18. The van der Waals surface area contributed by atoms with Crippen molar-refractivity contribution in [3.05, 3.63) is 29.8 Å². The Kier molecular flexibility index (Phi) is 5.90. The Morgan fingerprint density at radius 1 is 1.33 bits per heavy atom. The van der Waals surface area contributed by atoms with E-state index in [1.54, 1.807) is 39.0 Å². The summed E-state index contributed by atoms with van der Waals surface area (Å²) in [5.41, 5.74) is 5.77. The molecule has 21 heavy (non-hydrogen) atoms. The van der Waals surface area contributed by atoms with E-state index >= 15 is 0 Å². The number of rotatable bonds is 5. The third-order valence-corrected chi connectivity index (χ3v) is 2.41. The van der Waals surface area contributed by atoms with Crippen LogP contribution in [-0.2, 0) is 4.74 Å². The number of para-hydroxylation sites is 1. The molecule has 5 nitrogen and oxygen atoms in total. The monoisotopic (exact) mass is 302 g/mol. The number of halogens is 2. The molecule has 118 valence electrons. The van der Waals surface area contributed by atoms with Crippen LogP contribution in [0.5, 0.6) is 5.75 Å². The van der Waals surface area contributed by atoms with Crippen LogP contribution in [0, 0.1) is 0 Å². The van der Waals surface area contributed by atoms with Gasteiger partial charge < -0.3 is 20.5 Å². The minimum Gasteiger partial charge on any atom is -0.448 e. The first-order chi connectivity index (χ1) is 9.69. The van der Waals surface area contributed by atoms with Gasteiger partial charge >= 0.3 is 12.7 Å². The van der Waals surface area contributed by atoms with Crippen molar-refractivity contribution in [2.24, 2.45) is 5.73 Å². The van der Waals surface area contributed by atoms with Crippen LogP contribution in [-0.4, -0.2) is 24.9 Å². The molecule has 0 aliphatic rings. The average Bonchev–Trinajstić information content (AvgIpc) is 2.34. The average molecular weight is 302 g/mol. The molecule has 1 aromatic carbocycles. The molecule has 0 aromatic heterocycles. The van der Waals surface area contributed by atoms with Gasteiger partial charge in [0.25, 0.3) is 0 Å². The Labute approximate surface area is 122 Å². The number of nitrogens with two attached hydrogens (primary N) is 1. The lowest BCUT2D eigenvalue weighted by molar-refractivity contribution is -0.0508. The number of benzene rings is 1. The van der Waals surface area contributed by atoms with Crippen molar-refractivity contribution in [1.82, 2.24) is 5.32 Å². The van der Waals surface area contributed by atoms with E-state index in [0.29, 0.717) is 5.56 Å². The topological polar surface area (TPSA) is 73.6 Å². The highest BCUT2D eigenvalue weighted by Crippen LogP contribution is 2.25. The van der Waals surface area contributed by atoms with Crippen LogP contribution in [0.15, 0.2) is 24.3 Å². The zero-order chi connectivity index (χ0) is 16.0.